The van der Waals surface area contributed by atoms with Gasteiger partial charge in [-0.25, -0.2) is 0 Å². The van der Waals surface area contributed by atoms with Crippen LogP contribution in [0.4, 0.5) is 0 Å². The maximum absolute atomic E-state index is 10.6. The third-order valence-electron chi connectivity index (χ3n) is 3.16. The molecule has 1 aliphatic rings. The molecule has 1 N–H and O–H groups in total. The highest BCUT2D eigenvalue weighted by Crippen LogP contribution is 2.28. The summed E-state index contributed by atoms with van der Waals surface area (Å²) < 4.78 is 1.98. The van der Waals surface area contributed by atoms with Crippen LogP contribution in [0, 0.1) is 0 Å². The normalized spacial score (nSPS) is 20.9. The molecule has 0 aliphatic heterocycles. The first-order valence-corrected chi connectivity index (χ1v) is 5.83. The van der Waals surface area contributed by atoms with Gasteiger partial charge in [0, 0.05) is 12.6 Å². The molecule has 0 bridgehead atoms. The van der Waals surface area contributed by atoms with Crippen LogP contribution in [0.25, 0.3) is 0 Å². The highest BCUT2D eigenvalue weighted by molar-refractivity contribution is 5.61. The second kappa shape index (κ2) is 4.37. The fourth-order valence-corrected chi connectivity index (χ4v) is 2.25. The summed E-state index contributed by atoms with van der Waals surface area (Å²) in [5.74, 6) is 0. The Labute approximate surface area is 95.3 Å². The van der Waals surface area contributed by atoms with Crippen LogP contribution in [0.1, 0.15) is 44.3 Å². The van der Waals surface area contributed by atoms with Gasteiger partial charge >= 0.3 is 0 Å². The van der Waals surface area contributed by atoms with Crippen LogP contribution < -0.4 is 0 Å². The van der Waals surface area contributed by atoms with E-state index in [0.717, 1.165) is 5.69 Å². The summed E-state index contributed by atoms with van der Waals surface area (Å²) >= 11 is 0. The van der Waals surface area contributed by atoms with E-state index in [4.69, 9.17) is 0 Å². The molecular weight excluding hydrogens is 204 g/mol. The molecule has 1 atom stereocenters. The highest BCUT2D eigenvalue weighted by atomic mass is 16.3. The number of hydrogen-bond acceptors (Lipinski definition) is 3. The van der Waals surface area contributed by atoms with Crippen molar-refractivity contribution in [3.8, 4) is 0 Å². The van der Waals surface area contributed by atoms with Crippen LogP contribution in [-0.2, 0) is 11.2 Å². The first-order valence-electron chi connectivity index (χ1n) is 5.83. The molecule has 1 aliphatic carbocycles. The van der Waals surface area contributed by atoms with Crippen molar-refractivity contribution in [1.82, 2.24) is 9.78 Å². The van der Waals surface area contributed by atoms with Crippen molar-refractivity contribution < 1.29 is 9.90 Å². The molecule has 16 heavy (non-hydrogen) atoms. The molecule has 1 saturated carbocycles. The standard InChI is InChI=1S/C12H18N2O2/c1-12(16,9-15)8-10-6-7-14(13-10)11-4-2-3-5-11/h6-7,9,11,16H,2-5,8H2,1H3. The summed E-state index contributed by atoms with van der Waals surface area (Å²) in [5.41, 5.74) is -0.515. The van der Waals surface area contributed by atoms with Crippen molar-refractivity contribution in [2.75, 3.05) is 0 Å². The quantitative estimate of drug-likeness (QED) is 0.785. The average molecular weight is 222 g/mol. The maximum Gasteiger partial charge on any atom is 0.151 e. The lowest BCUT2D eigenvalue weighted by atomic mass is 10.0. The summed E-state index contributed by atoms with van der Waals surface area (Å²) in [6.07, 6.45) is 7.72. The van der Waals surface area contributed by atoms with Gasteiger partial charge in [0.2, 0.25) is 0 Å². The number of hydrogen-bond donors (Lipinski definition) is 1. The Morgan fingerprint density at radius 3 is 2.94 bits per heavy atom. The molecule has 1 aromatic rings. The van der Waals surface area contributed by atoms with E-state index in [-0.39, 0.29) is 6.42 Å². The van der Waals surface area contributed by atoms with Crippen molar-refractivity contribution >= 4 is 6.29 Å². The second-order valence-electron chi connectivity index (χ2n) is 4.88. The Kier molecular flexibility index (Phi) is 3.10. The molecule has 0 amide bonds. The first kappa shape index (κ1) is 11.3. The first-order chi connectivity index (χ1) is 7.61. The van der Waals surface area contributed by atoms with Crippen molar-refractivity contribution in [3.05, 3.63) is 18.0 Å². The van der Waals surface area contributed by atoms with Gasteiger partial charge in [-0.15, -0.1) is 0 Å². The zero-order valence-electron chi connectivity index (χ0n) is 9.59. The number of carbonyl (C=O) groups is 1. The molecule has 0 saturated heterocycles. The summed E-state index contributed by atoms with van der Waals surface area (Å²) in [6.45, 7) is 1.51. The van der Waals surface area contributed by atoms with Gasteiger partial charge in [0.15, 0.2) is 6.29 Å². The molecule has 4 nitrogen and oxygen atoms in total. The molecule has 2 rings (SSSR count). The number of carbonyl (C=O) groups excluding carboxylic acids is 1. The van der Waals surface area contributed by atoms with Crippen molar-refractivity contribution in [3.63, 3.8) is 0 Å². The maximum atomic E-state index is 10.6. The fraction of sp³-hybridized carbons (Fsp3) is 0.667. The molecule has 0 spiro atoms. The van der Waals surface area contributed by atoms with Gasteiger partial charge in [-0.2, -0.15) is 5.10 Å². The minimum atomic E-state index is -1.30. The highest BCUT2D eigenvalue weighted by Gasteiger charge is 2.22. The minimum Gasteiger partial charge on any atom is -0.382 e. The monoisotopic (exact) mass is 222 g/mol. The summed E-state index contributed by atoms with van der Waals surface area (Å²) in [5, 5.41) is 14.1. The predicted molar refractivity (Wildman–Crippen MR) is 60.1 cm³/mol. The number of rotatable bonds is 4. The summed E-state index contributed by atoms with van der Waals surface area (Å²) in [7, 11) is 0. The fourth-order valence-electron chi connectivity index (χ4n) is 2.25. The van der Waals surface area contributed by atoms with Gasteiger partial charge in [0.1, 0.15) is 5.60 Å². The lowest BCUT2D eigenvalue weighted by Crippen LogP contribution is -2.29. The van der Waals surface area contributed by atoms with Crippen LogP contribution in [0.15, 0.2) is 12.3 Å². The molecule has 1 unspecified atom stereocenters. The van der Waals surface area contributed by atoms with Gasteiger partial charge in [-0.1, -0.05) is 12.8 Å². The Morgan fingerprint density at radius 1 is 1.62 bits per heavy atom. The van der Waals surface area contributed by atoms with E-state index in [9.17, 15) is 9.90 Å². The lowest BCUT2D eigenvalue weighted by Gasteiger charge is -2.13. The number of aromatic nitrogens is 2. The van der Waals surface area contributed by atoms with Crippen LogP contribution in [-0.4, -0.2) is 26.8 Å². The minimum absolute atomic E-state index is 0.288. The van der Waals surface area contributed by atoms with Gasteiger partial charge in [0.05, 0.1) is 11.7 Å². The molecule has 1 fully saturated rings. The third kappa shape index (κ3) is 2.50. The number of nitrogens with zero attached hydrogens (tertiary/aromatic N) is 2. The van der Waals surface area contributed by atoms with Crippen LogP contribution >= 0.6 is 0 Å². The lowest BCUT2D eigenvalue weighted by molar-refractivity contribution is -0.122. The molecule has 1 heterocycles. The zero-order valence-corrected chi connectivity index (χ0v) is 9.59. The summed E-state index contributed by atoms with van der Waals surface area (Å²) in [4.78, 5) is 10.6. The van der Waals surface area contributed by atoms with E-state index in [1.807, 2.05) is 16.9 Å². The average Bonchev–Trinajstić information content (AvgIpc) is 2.86. The predicted octanol–water partition coefficient (Wildman–Crippen LogP) is 1.49. The second-order valence-corrected chi connectivity index (χ2v) is 4.88. The van der Waals surface area contributed by atoms with E-state index in [1.165, 1.54) is 32.6 Å². The van der Waals surface area contributed by atoms with Crippen molar-refractivity contribution in [2.24, 2.45) is 0 Å². The largest absolute Gasteiger partial charge is 0.382 e. The SMILES string of the molecule is CC(O)(C=O)Cc1ccn(C2CCCC2)n1. The zero-order chi connectivity index (χ0) is 11.6. The van der Waals surface area contributed by atoms with Gasteiger partial charge in [-0.05, 0) is 25.8 Å². The number of aliphatic hydroxyl groups is 1. The Hall–Kier alpha value is -1.16. The smallest absolute Gasteiger partial charge is 0.151 e. The van der Waals surface area contributed by atoms with Crippen LogP contribution in [0.3, 0.4) is 0 Å². The van der Waals surface area contributed by atoms with Gasteiger partial charge in [-0.3, -0.25) is 4.68 Å². The van der Waals surface area contributed by atoms with E-state index in [2.05, 4.69) is 5.10 Å². The van der Waals surface area contributed by atoms with Crippen molar-refractivity contribution in [1.29, 1.82) is 0 Å². The Bertz CT molecular complexity index is 365. The molecular formula is C12H18N2O2. The van der Waals surface area contributed by atoms with Gasteiger partial charge < -0.3 is 9.90 Å². The van der Waals surface area contributed by atoms with E-state index >= 15 is 0 Å². The molecule has 0 radical (unpaired) electrons. The van der Waals surface area contributed by atoms with Crippen LogP contribution in [0.2, 0.25) is 0 Å². The summed E-state index contributed by atoms with van der Waals surface area (Å²) in [6, 6.07) is 2.39. The molecule has 4 heteroatoms. The number of aldehydes is 1. The molecule has 1 aromatic heterocycles. The Morgan fingerprint density at radius 2 is 2.31 bits per heavy atom. The van der Waals surface area contributed by atoms with Crippen LogP contribution in [0.5, 0.6) is 0 Å². The molecule has 0 aromatic carbocycles. The van der Waals surface area contributed by atoms with E-state index in [1.54, 1.807) is 0 Å². The van der Waals surface area contributed by atoms with E-state index in [0.29, 0.717) is 12.3 Å². The Balaban J connectivity index is 2.04. The third-order valence-corrected chi connectivity index (χ3v) is 3.16. The van der Waals surface area contributed by atoms with Crippen molar-refractivity contribution in [2.45, 2.75) is 50.7 Å². The van der Waals surface area contributed by atoms with Gasteiger partial charge in [0.25, 0.3) is 0 Å². The topological polar surface area (TPSA) is 55.1 Å². The molecule has 88 valence electrons. The van der Waals surface area contributed by atoms with E-state index < -0.39 is 5.60 Å².